The number of unbranched alkanes of at least 4 members (excludes halogenated alkanes) is 1. The summed E-state index contributed by atoms with van der Waals surface area (Å²) in [7, 11) is -4.21. The van der Waals surface area contributed by atoms with Crippen LogP contribution in [0.15, 0.2) is 83.8 Å². The van der Waals surface area contributed by atoms with Gasteiger partial charge in [0.15, 0.2) is 0 Å². The SMILES string of the molecule is CCCCNC(=O)C(C)N(CCc1ccccc1)C(=O)CN(c1cccc(Cl)c1Cl)S(=O)(=O)c1ccccc1. The van der Waals surface area contributed by atoms with Crippen LogP contribution in [0.25, 0.3) is 0 Å². The van der Waals surface area contributed by atoms with Crippen molar-refractivity contribution in [2.75, 3.05) is 23.9 Å². The molecule has 0 heterocycles. The third kappa shape index (κ3) is 7.97. The van der Waals surface area contributed by atoms with E-state index in [-0.39, 0.29) is 33.1 Å². The molecule has 3 rings (SSSR count). The van der Waals surface area contributed by atoms with Crippen molar-refractivity contribution in [1.82, 2.24) is 10.2 Å². The van der Waals surface area contributed by atoms with Gasteiger partial charge in [-0.25, -0.2) is 8.42 Å². The second-order valence-corrected chi connectivity index (χ2v) is 11.7. The van der Waals surface area contributed by atoms with E-state index in [0.717, 1.165) is 22.7 Å². The van der Waals surface area contributed by atoms with Crippen LogP contribution in [-0.2, 0) is 26.0 Å². The van der Waals surface area contributed by atoms with Crippen molar-refractivity contribution in [1.29, 1.82) is 0 Å². The highest BCUT2D eigenvalue weighted by Gasteiger charge is 2.33. The number of rotatable bonds is 13. The third-order valence-electron chi connectivity index (χ3n) is 6.29. The van der Waals surface area contributed by atoms with Crippen molar-refractivity contribution < 1.29 is 18.0 Å². The molecule has 3 aromatic carbocycles. The Labute approximate surface area is 240 Å². The summed E-state index contributed by atoms with van der Waals surface area (Å²) in [6.07, 6.45) is 2.22. The van der Waals surface area contributed by atoms with Gasteiger partial charge in [0, 0.05) is 13.1 Å². The van der Waals surface area contributed by atoms with Crippen molar-refractivity contribution in [2.24, 2.45) is 0 Å². The molecule has 0 saturated heterocycles. The molecule has 0 aliphatic rings. The summed E-state index contributed by atoms with van der Waals surface area (Å²) in [6.45, 7) is 3.81. The van der Waals surface area contributed by atoms with Gasteiger partial charge < -0.3 is 10.2 Å². The van der Waals surface area contributed by atoms with Gasteiger partial charge >= 0.3 is 0 Å². The van der Waals surface area contributed by atoms with Crippen LogP contribution in [0.1, 0.15) is 32.3 Å². The molecule has 1 unspecified atom stereocenters. The van der Waals surface area contributed by atoms with Crippen molar-refractivity contribution in [3.8, 4) is 0 Å². The van der Waals surface area contributed by atoms with E-state index in [2.05, 4.69) is 5.32 Å². The Kier molecular flexibility index (Phi) is 11.2. The topological polar surface area (TPSA) is 86.8 Å². The van der Waals surface area contributed by atoms with E-state index in [1.54, 1.807) is 31.2 Å². The molecule has 0 aromatic heterocycles. The molecule has 1 atom stereocenters. The van der Waals surface area contributed by atoms with Gasteiger partial charge in [-0.15, -0.1) is 0 Å². The van der Waals surface area contributed by atoms with E-state index in [0.29, 0.717) is 13.0 Å². The predicted octanol–water partition coefficient (Wildman–Crippen LogP) is 5.56. The number of amides is 2. The third-order valence-corrected chi connectivity index (χ3v) is 8.87. The Morgan fingerprint density at radius 3 is 2.21 bits per heavy atom. The lowest BCUT2D eigenvalue weighted by Crippen LogP contribution is -2.52. The number of hydrogen-bond donors (Lipinski definition) is 1. The molecule has 0 bridgehead atoms. The first kappa shape index (κ1) is 30.5. The van der Waals surface area contributed by atoms with Crippen LogP contribution >= 0.6 is 23.2 Å². The van der Waals surface area contributed by atoms with Gasteiger partial charge in [0.25, 0.3) is 10.0 Å². The molecule has 0 radical (unpaired) electrons. The van der Waals surface area contributed by atoms with Gasteiger partial charge in [-0.05, 0) is 49.6 Å². The predicted molar refractivity (Wildman–Crippen MR) is 157 cm³/mol. The second-order valence-electron chi connectivity index (χ2n) is 9.04. The summed E-state index contributed by atoms with van der Waals surface area (Å²) in [5.74, 6) is -0.845. The minimum absolute atomic E-state index is 0.00460. The first-order valence-corrected chi connectivity index (χ1v) is 15.0. The zero-order chi connectivity index (χ0) is 28.4. The molecule has 39 heavy (non-hydrogen) atoms. The smallest absolute Gasteiger partial charge is 0.264 e. The minimum atomic E-state index is -4.21. The summed E-state index contributed by atoms with van der Waals surface area (Å²) < 4.78 is 28.5. The van der Waals surface area contributed by atoms with Crippen LogP contribution in [0.3, 0.4) is 0 Å². The van der Waals surface area contributed by atoms with Crippen molar-refractivity contribution in [2.45, 2.75) is 44.0 Å². The fourth-order valence-corrected chi connectivity index (χ4v) is 5.92. The minimum Gasteiger partial charge on any atom is -0.354 e. The molecule has 0 saturated carbocycles. The molecule has 0 aliphatic heterocycles. The number of hydrogen-bond acceptors (Lipinski definition) is 4. The molecule has 0 aliphatic carbocycles. The summed E-state index contributed by atoms with van der Waals surface area (Å²) in [5, 5.41) is 3.03. The van der Waals surface area contributed by atoms with Crippen LogP contribution in [0, 0.1) is 0 Å². The maximum absolute atomic E-state index is 13.9. The summed E-state index contributed by atoms with van der Waals surface area (Å²) in [6, 6.07) is 21.1. The van der Waals surface area contributed by atoms with Crippen LogP contribution in [0.2, 0.25) is 10.0 Å². The number of benzene rings is 3. The van der Waals surface area contributed by atoms with Gasteiger partial charge in [-0.3, -0.25) is 13.9 Å². The molecule has 2 amide bonds. The Balaban J connectivity index is 1.97. The van der Waals surface area contributed by atoms with Crippen LogP contribution in [0.5, 0.6) is 0 Å². The zero-order valence-corrected chi connectivity index (χ0v) is 24.3. The van der Waals surface area contributed by atoms with Crippen molar-refractivity contribution in [3.05, 3.63) is 94.5 Å². The fourth-order valence-electron chi connectivity index (χ4n) is 4.02. The lowest BCUT2D eigenvalue weighted by Gasteiger charge is -2.32. The van der Waals surface area contributed by atoms with Crippen LogP contribution in [-0.4, -0.2) is 50.8 Å². The average molecular weight is 591 g/mol. The normalized spacial score (nSPS) is 12.0. The van der Waals surface area contributed by atoms with E-state index in [1.165, 1.54) is 29.2 Å². The number of halogens is 2. The number of nitrogens with one attached hydrogen (secondary N) is 1. The largest absolute Gasteiger partial charge is 0.354 e. The lowest BCUT2D eigenvalue weighted by atomic mass is 10.1. The molecule has 0 spiro atoms. The van der Waals surface area contributed by atoms with E-state index in [4.69, 9.17) is 23.2 Å². The van der Waals surface area contributed by atoms with Crippen molar-refractivity contribution in [3.63, 3.8) is 0 Å². The lowest BCUT2D eigenvalue weighted by molar-refractivity contribution is -0.138. The van der Waals surface area contributed by atoms with Crippen molar-refractivity contribution >= 4 is 50.7 Å². The number of anilines is 1. The Hall–Kier alpha value is -3.07. The summed E-state index contributed by atoms with van der Waals surface area (Å²) >= 11 is 12.7. The average Bonchev–Trinajstić information content (AvgIpc) is 2.94. The first-order chi connectivity index (χ1) is 18.7. The van der Waals surface area contributed by atoms with E-state index >= 15 is 0 Å². The van der Waals surface area contributed by atoms with E-state index in [1.807, 2.05) is 37.3 Å². The quantitative estimate of drug-likeness (QED) is 0.264. The van der Waals surface area contributed by atoms with E-state index < -0.39 is 28.5 Å². The first-order valence-electron chi connectivity index (χ1n) is 12.8. The van der Waals surface area contributed by atoms with E-state index in [9.17, 15) is 18.0 Å². The Morgan fingerprint density at radius 2 is 1.56 bits per heavy atom. The van der Waals surface area contributed by atoms with Gasteiger partial charge in [0.1, 0.15) is 12.6 Å². The molecule has 0 fully saturated rings. The molecule has 7 nitrogen and oxygen atoms in total. The van der Waals surface area contributed by atoms with Gasteiger partial charge in [0.05, 0.1) is 20.6 Å². The maximum atomic E-state index is 13.9. The maximum Gasteiger partial charge on any atom is 0.264 e. The van der Waals surface area contributed by atoms with Crippen LogP contribution in [0.4, 0.5) is 5.69 Å². The zero-order valence-electron chi connectivity index (χ0n) is 22.0. The summed E-state index contributed by atoms with van der Waals surface area (Å²) in [5.41, 5.74) is 1.06. The highest BCUT2D eigenvalue weighted by Crippen LogP contribution is 2.35. The summed E-state index contributed by atoms with van der Waals surface area (Å²) in [4.78, 5) is 28.2. The molecule has 1 N–H and O–H groups in total. The Morgan fingerprint density at radius 1 is 0.923 bits per heavy atom. The molecule has 3 aromatic rings. The second kappa shape index (κ2) is 14.4. The molecular weight excluding hydrogens is 557 g/mol. The monoisotopic (exact) mass is 589 g/mol. The van der Waals surface area contributed by atoms with Gasteiger partial charge in [-0.1, -0.05) is 91.1 Å². The fraction of sp³-hybridized carbons (Fsp3) is 0.310. The van der Waals surface area contributed by atoms with Gasteiger partial charge in [0.2, 0.25) is 11.8 Å². The molecule has 10 heteroatoms. The Bertz CT molecular complexity index is 1360. The molecular formula is C29H33Cl2N3O4S. The van der Waals surface area contributed by atoms with Crippen LogP contribution < -0.4 is 9.62 Å². The standard InChI is InChI=1S/C29H33Cl2N3O4S/c1-3-4-19-32-29(36)22(2)33(20-18-23-12-7-5-8-13-23)27(35)21-34(26-17-11-16-25(30)28(26)31)39(37,38)24-14-9-6-10-15-24/h5-17,22H,3-4,18-21H2,1-2H3,(H,32,36). The number of nitrogens with zero attached hydrogens (tertiary/aromatic N) is 2. The number of sulfonamides is 1. The molecule has 208 valence electrons. The highest BCUT2D eigenvalue weighted by molar-refractivity contribution is 7.92. The van der Waals surface area contributed by atoms with Gasteiger partial charge in [-0.2, -0.15) is 0 Å². The number of carbonyl (C=O) groups excluding carboxylic acids is 2. The number of carbonyl (C=O) groups is 2. The highest BCUT2D eigenvalue weighted by atomic mass is 35.5.